The minimum absolute atomic E-state index is 0.285. The number of hydrogen-bond acceptors (Lipinski definition) is 3. The van der Waals surface area contributed by atoms with E-state index in [0.29, 0.717) is 21.4 Å². The SMILES string of the molecule is Cc1c(N)noc1-c1ccc(Br)cc1F. The number of hydrogen-bond donors (Lipinski definition) is 1. The van der Waals surface area contributed by atoms with Crippen molar-refractivity contribution in [2.24, 2.45) is 0 Å². The molecule has 1 aromatic heterocycles. The highest BCUT2D eigenvalue weighted by atomic mass is 79.9. The largest absolute Gasteiger partial charge is 0.381 e. The van der Waals surface area contributed by atoms with Crippen molar-refractivity contribution in [2.75, 3.05) is 5.73 Å². The van der Waals surface area contributed by atoms with Gasteiger partial charge < -0.3 is 10.3 Å². The number of benzene rings is 1. The quantitative estimate of drug-likeness (QED) is 0.866. The molecular weight excluding hydrogens is 263 g/mol. The van der Waals surface area contributed by atoms with Gasteiger partial charge in [-0.1, -0.05) is 21.1 Å². The van der Waals surface area contributed by atoms with E-state index in [2.05, 4.69) is 21.1 Å². The van der Waals surface area contributed by atoms with Gasteiger partial charge in [0.15, 0.2) is 11.6 Å². The summed E-state index contributed by atoms with van der Waals surface area (Å²) >= 11 is 3.18. The van der Waals surface area contributed by atoms with E-state index in [1.807, 2.05) is 0 Å². The summed E-state index contributed by atoms with van der Waals surface area (Å²) in [6.45, 7) is 1.74. The Morgan fingerprint density at radius 1 is 1.47 bits per heavy atom. The molecule has 0 radical (unpaired) electrons. The smallest absolute Gasteiger partial charge is 0.174 e. The van der Waals surface area contributed by atoms with Crippen LogP contribution in [0.4, 0.5) is 10.2 Å². The third kappa shape index (κ3) is 1.74. The lowest BCUT2D eigenvalue weighted by molar-refractivity contribution is 0.433. The molecule has 0 aliphatic rings. The number of nitrogen functional groups attached to an aromatic ring is 1. The third-order valence-corrected chi connectivity index (χ3v) is 2.63. The molecule has 0 saturated heterocycles. The minimum atomic E-state index is -0.372. The fourth-order valence-corrected chi connectivity index (χ4v) is 1.61. The Balaban J connectivity index is 2.59. The summed E-state index contributed by atoms with van der Waals surface area (Å²) in [5, 5.41) is 3.58. The van der Waals surface area contributed by atoms with Crippen molar-refractivity contribution >= 4 is 21.7 Å². The van der Waals surface area contributed by atoms with Gasteiger partial charge in [0.05, 0.1) is 5.56 Å². The number of rotatable bonds is 1. The molecule has 2 aromatic rings. The molecule has 0 bridgehead atoms. The summed E-state index contributed by atoms with van der Waals surface area (Å²) in [5.41, 5.74) is 6.53. The van der Waals surface area contributed by atoms with Crippen LogP contribution in [0, 0.1) is 12.7 Å². The van der Waals surface area contributed by atoms with Crippen LogP contribution < -0.4 is 5.73 Å². The molecule has 0 saturated carbocycles. The van der Waals surface area contributed by atoms with Crippen LogP contribution in [0.3, 0.4) is 0 Å². The van der Waals surface area contributed by atoms with E-state index in [9.17, 15) is 4.39 Å². The molecule has 0 unspecified atom stereocenters. The van der Waals surface area contributed by atoms with Gasteiger partial charge in [-0.25, -0.2) is 4.39 Å². The molecule has 0 fully saturated rings. The summed E-state index contributed by atoms with van der Waals surface area (Å²) in [6.07, 6.45) is 0. The van der Waals surface area contributed by atoms with E-state index >= 15 is 0 Å². The van der Waals surface area contributed by atoms with Crippen LogP contribution in [0.1, 0.15) is 5.56 Å². The van der Waals surface area contributed by atoms with Gasteiger partial charge in [0, 0.05) is 10.0 Å². The highest BCUT2D eigenvalue weighted by Crippen LogP contribution is 2.30. The summed E-state index contributed by atoms with van der Waals surface area (Å²) < 4.78 is 19.2. The molecule has 78 valence electrons. The fourth-order valence-electron chi connectivity index (χ4n) is 1.27. The highest BCUT2D eigenvalue weighted by molar-refractivity contribution is 9.10. The van der Waals surface area contributed by atoms with Gasteiger partial charge in [-0.3, -0.25) is 0 Å². The average Bonchev–Trinajstić information content (AvgIpc) is 2.49. The fraction of sp³-hybridized carbons (Fsp3) is 0.100. The molecule has 0 spiro atoms. The van der Waals surface area contributed by atoms with Gasteiger partial charge in [0.25, 0.3) is 0 Å². The Morgan fingerprint density at radius 3 is 2.73 bits per heavy atom. The van der Waals surface area contributed by atoms with Crippen molar-refractivity contribution in [3.05, 3.63) is 34.1 Å². The minimum Gasteiger partial charge on any atom is -0.381 e. The highest BCUT2D eigenvalue weighted by Gasteiger charge is 2.15. The molecule has 3 nitrogen and oxygen atoms in total. The Kier molecular flexibility index (Phi) is 2.48. The van der Waals surface area contributed by atoms with Crippen LogP contribution in [0.15, 0.2) is 27.2 Å². The van der Waals surface area contributed by atoms with Crippen molar-refractivity contribution in [2.45, 2.75) is 6.92 Å². The maximum Gasteiger partial charge on any atom is 0.174 e. The van der Waals surface area contributed by atoms with E-state index in [-0.39, 0.29) is 11.6 Å². The Labute approximate surface area is 94.2 Å². The lowest BCUT2D eigenvalue weighted by Gasteiger charge is -2.00. The molecule has 0 amide bonds. The first-order valence-corrected chi connectivity index (χ1v) is 5.06. The van der Waals surface area contributed by atoms with Crippen LogP contribution in [0.5, 0.6) is 0 Å². The van der Waals surface area contributed by atoms with Gasteiger partial charge in [-0.05, 0) is 25.1 Å². The number of nitrogens with zero attached hydrogens (tertiary/aromatic N) is 1. The maximum absolute atomic E-state index is 13.6. The van der Waals surface area contributed by atoms with Crippen LogP contribution in [-0.2, 0) is 0 Å². The first-order valence-electron chi connectivity index (χ1n) is 4.26. The Bertz CT molecular complexity index is 510. The zero-order chi connectivity index (χ0) is 11.0. The topological polar surface area (TPSA) is 52.0 Å². The Hall–Kier alpha value is -1.36. The van der Waals surface area contributed by atoms with Crippen molar-refractivity contribution in [1.29, 1.82) is 0 Å². The summed E-state index contributed by atoms with van der Waals surface area (Å²) in [7, 11) is 0. The molecule has 0 atom stereocenters. The maximum atomic E-state index is 13.6. The zero-order valence-electron chi connectivity index (χ0n) is 7.92. The van der Waals surface area contributed by atoms with Crippen molar-refractivity contribution in [3.8, 4) is 11.3 Å². The lowest BCUT2D eigenvalue weighted by Crippen LogP contribution is -1.88. The molecule has 0 aliphatic carbocycles. The standard InChI is InChI=1S/C10H8BrFN2O/c1-5-9(15-14-10(5)13)7-3-2-6(11)4-8(7)12/h2-4H,1H3,(H2,13,14). The van der Waals surface area contributed by atoms with Crippen LogP contribution >= 0.6 is 15.9 Å². The molecule has 2 rings (SSSR count). The third-order valence-electron chi connectivity index (χ3n) is 2.14. The van der Waals surface area contributed by atoms with Crippen molar-refractivity contribution < 1.29 is 8.91 Å². The van der Waals surface area contributed by atoms with Gasteiger partial charge in [0.1, 0.15) is 5.82 Å². The summed E-state index contributed by atoms with van der Waals surface area (Å²) in [5.74, 6) is 0.286. The van der Waals surface area contributed by atoms with E-state index in [1.54, 1.807) is 19.1 Å². The molecular formula is C10H8BrFN2O. The van der Waals surface area contributed by atoms with Crippen molar-refractivity contribution in [1.82, 2.24) is 5.16 Å². The molecule has 15 heavy (non-hydrogen) atoms. The molecule has 1 heterocycles. The first-order chi connectivity index (χ1) is 7.09. The van der Waals surface area contributed by atoms with E-state index < -0.39 is 0 Å². The molecule has 2 N–H and O–H groups in total. The summed E-state index contributed by atoms with van der Waals surface area (Å²) in [6, 6.07) is 4.72. The summed E-state index contributed by atoms with van der Waals surface area (Å²) in [4.78, 5) is 0. The van der Waals surface area contributed by atoms with Gasteiger partial charge in [-0.15, -0.1) is 0 Å². The van der Waals surface area contributed by atoms with Gasteiger partial charge >= 0.3 is 0 Å². The average molecular weight is 271 g/mol. The first kappa shape index (κ1) is 10.2. The van der Waals surface area contributed by atoms with Crippen LogP contribution in [0.2, 0.25) is 0 Å². The normalized spacial score (nSPS) is 10.6. The van der Waals surface area contributed by atoms with E-state index in [1.165, 1.54) is 6.07 Å². The number of halogens is 2. The Morgan fingerprint density at radius 2 is 2.20 bits per heavy atom. The lowest BCUT2D eigenvalue weighted by atomic mass is 10.1. The second-order valence-electron chi connectivity index (χ2n) is 3.15. The van der Waals surface area contributed by atoms with Crippen molar-refractivity contribution in [3.63, 3.8) is 0 Å². The molecule has 5 heteroatoms. The molecule has 1 aromatic carbocycles. The van der Waals surface area contributed by atoms with Gasteiger partial charge in [-0.2, -0.15) is 0 Å². The van der Waals surface area contributed by atoms with Crippen LogP contribution in [0.25, 0.3) is 11.3 Å². The zero-order valence-corrected chi connectivity index (χ0v) is 9.51. The van der Waals surface area contributed by atoms with Crippen LogP contribution in [-0.4, -0.2) is 5.16 Å². The van der Waals surface area contributed by atoms with E-state index in [4.69, 9.17) is 10.3 Å². The number of anilines is 1. The monoisotopic (exact) mass is 270 g/mol. The second-order valence-corrected chi connectivity index (χ2v) is 4.06. The number of nitrogens with two attached hydrogens (primary N) is 1. The number of aromatic nitrogens is 1. The predicted molar refractivity (Wildman–Crippen MR) is 58.7 cm³/mol. The molecule has 0 aliphatic heterocycles. The second kappa shape index (κ2) is 3.66. The van der Waals surface area contributed by atoms with Gasteiger partial charge in [0.2, 0.25) is 0 Å². The predicted octanol–water partition coefficient (Wildman–Crippen LogP) is 3.13. The van der Waals surface area contributed by atoms with E-state index in [0.717, 1.165) is 0 Å².